The number of para-hydroxylation sites is 2. The molecule has 0 amide bonds. The van der Waals surface area contributed by atoms with Gasteiger partial charge in [-0.3, -0.25) is 0 Å². The lowest BCUT2D eigenvalue weighted by Crippen LogP contribution is -1.94. The average molecular weight is 897 g/mol. The van der Waals surface area contributed by atoms with Gasteiger partial charge in [0.1, 0.15) is 27.8 Å². The van der Waals surface area contributed by atoms with Gasteiger partial charge < -0.3 is 13.6 Å². The molecule has 0 aliphatic heterocycles. The van der Waals surface area contributed by atoms with Gasteiger partial charge in [-0.05, 0) is 150 Å². The van der Waals surface area contributed by atoms with E-state index in [1.165, 1.54) is 0 Å². The molecule has 0 fully saturated rings. The molecule has 0 saturated carbocycles. The molecule has 5 heteroatoms. The minimum absolute atomic E-state index is 0.484. The van der Waals surface area contributed by atoms with E-state index in [-0.39, 0.29) is 0 Å². The van der Waals surface area contributed by atoms with Crippen LogP contribution >= 0.6 is 0 Å². The maximum atomic E-state index is 6.13. The SMILES string of the molecule is COc1cnc2c3ccc(-c4cccc(-c5cccc(-c6ccc7oc8ccccc8c7c6)c5)c4)cc3c3cc(-c4cccc(-c5cccc(-c6ccc7oc8ccccc8c7c6)c5)c4)ccc3c2n1. The molecule has 0 unspecified atom stereocenters. The quantitative estimate of drug-likeness (QED) is 0.149. The van der Waals surface area contributed by atoms with E-state index < -0.39 is 0 Å². The molecule has 70 heavy (non-hydrogen) atoms. The molecule has 0 atom stereocenters. The summed E-state index contributed by atoms with van der Waals surface area (Å²) < 4.78 is 17.9. The summed E-state index contributed by atoms with van der Waals surface area (Å²) in [7, 11) is 1.64. The Labute approximate surface area is 402 Å². The Balaban J connectivity index is 0.843. The number of fused-ring (bicyclic) bond motifs is 12. The van der Waals surface area contributed by atoms with Gasteiger partial charge >= 0.3 is 0 Å². The molecular weight excluding hydrogens is 857 g/mol. The molecule has 3 heterocycles. The molecule has 0 spiro atoms. The molecule has 5 nitrogen and oxygen atoms in total. The van der Waals surface area contributed by atoms with E-state index in [1.54, 1.807) is 13.3 Å². The number of furan rings is 2. The van der Waals surface area contributed by atoms with Crippen LogP contribution in [0.3, 0.4) is 0 Å². The summed E-state index contributed by atoms with van der Waals surface area (Å²) in [6.45, 7) is 0. The summed E-state index contributed by atoms with van der Waals surface area (Å²) >= 11 is 0. The van der Waals surface area contributed by atoms with Gasteiger partial charge in [-0.1, -0.05) is 146 Å². The van der Waals surface area contributed by atoms with Crippen LogP contribution in [0.2, 0.25) is 0 Å². The van der Waals surface area contributed by atoms with Gasteiger partial charge in [0.2, 0.25) is 5.88 Å². The number of aromatic nitrogens is 2. The molecule has 14 rings (SSSR count). The average Bonchev–Trinajstić information content (AvgIpc) is 4.00. The Kier molecular flexibility index (Phi) is 9.04. The fourth-order valence-electron chi connectivity index (χ4n) is 10.5. The highest BCUT2D eigenvalue weighted by Gasteiger charge is 2.17. The largest absolute Gasteiger partial charge is 0.480 e. The summed E-state index contributed by atoms with van der Waals surface area (Å²) in [6.07, 6.45) is 1.71. The second kappa shape index (κ2) is 15.9. The highest BCUT2D eigenvalue weighted by molar-refractivity contribution is 6.24. The first-order chi connectivity index (χ1) is 34.6. The molecule has 14 aromatic rings. The fraction of sp³-hybridized carbons (Fsp3) is 0.0154. The number of hydrogen-bond acceptors (Lipinski definition) is 5. The van der Waals surface area contributed by atoms with Crippen molar-refractivity contribution in [2.45, 2.75) is 0 Å². The van der Waals surface area contributed by atoms with Gasteiger partial charge in [-0.25, -0.2) is 9.97 Å². The van der Waals surface area contributed by atoms with Crippen LogP contribution in [0.5, 0.6) is 5.88 Å². The van der Waals surface area contributed by atoms with Crippen molar-refractivity contribution in [1.82, 2.24) is 9.97 Å². The summed E-state index contributed by atoms with van der Waals surface area (Å²) in [5.41, 5.74) is 19.0. The second-order valence-electron chi connectivity index (χ2n) is 18.1. The van der Waals surface area contributed by atoms with E-state index in [9.17, 15) is 0 Å². The number of methoxy groups -OCH3 is 1. The zero-order valence-electron chi connectivity index (χ0n) is 38.0. The van der Waals surface area contributed by atoms with Crippen LogP contribution in [0.25, 0.3) is 143 Å². The van der Waals surface area contributed by atoms with Crippen molar-refractivity contribution >= 4 is 76.5 Å². The van der Waals surface area contributed by atoms with Crippen molar-refractivity contribution in [3.05, 3.63) is 225 Å². The van der Waals surface area contributed by atoms with E-state index >= 15 is 0 Å². The maximum Gasteiger partial charge on any atom is 0.232 e. The fourth-order valence-corrected chi connectivity index (χ4v) is 10.5. The van der Waals surface area contributed by atoms with Crippen LogP contribution < -0.4 is 4.74 Å². The molecule has 0 aliphatic rings. The normalized spacial score (nSPS) is 11.8. The molecule has 0 radical (unpaired) electrons. The Hall–Kier alpha value is -9.32. The van der Waals surface area contributed by atoms with E-state index in [1.807, 2.05) is 24.3 Å². The Morgan fingerprint density at radius 1 is 0.286 bits per heavy atom. The number of benzene rings is 11. The van der Waals surface area contributed by atoms with Crippen molar-refractivity contribution in [3.63, 3.8) is 0 Å². The van der Waals surface area contributed by atoms with Gasteiger partial charge in [0.15, 0.2) is 0 Å². The van der Waals surface area contributed by atoms with E-state index in [0.29, 0.717) is 5.88 Å². The number of hydrogen-bond donors (Lipinski definition) is 0. The van der Waals surface area contributed by atoms with Gasteiger partial charge in [-0.15, -0.1) is 0 Å². The summed E-state index contributed by atoms with van der Waals surface area (Å²) in [5, 5.41) is 8.78. The lowest BCUT2D eigenvalue weighted by molar-refractivity contribution is 0.398. The van der Waals surface area contributed by atoms with Gasteiger partial charge in [0.05, 0.1) is 18.8 Å². The number of nitrogens with zero attached hydrogens (tertiary/aromatic N) is 2. The predicted octanol–water partition coefficient (Wildman–Crippen LogP) is 17.7. The molecule has 0 bridgehead atoms. The molecule has 0 aliphatic carbocycles. The summed E-state index contributed by atoms with van der Waals surface area (Å²) in [6, 6.07) is 78.1. The number of ether oxygens (including phenoxy) is 1. The zero-order valence-corrected chi connectivity index (χ0v) is 38.0. The second-order valence-corrected chi connectivity index (χ2v) is 18.1. The minimum Gasteiger partial charge on any atom is -0.480 e. The molecule has 11 aromatic carbocycles. The molecule has 328 valence electrons. The molecular formula is C65H40N2O3. The zero-order chi connectivity index (χ0) is 46.3. The van der Waals surface area contributed by atoms with Crippen molar-refractivity contribution < 1.29 is 13.6 Å². The van der Waals surface area contributed by atoms with Crippen molar-refractivity contribution in [2.75, 3.05) is 7.11 Å². The number of rotatable bonds is 7. The topological polar surface area (TPSA) is 61.3 Å². The minimum atomic E-state index is 0.484. The molecule has 0 N–H and O–H groups in total. The molecule has 0 saturated heterocycles. The van der Waals surface area contributed by atoms with E-state index in [2.05, 4.69) is 194 Å². The first-order valence-electron chi connectivity index (χ1n) is 23.5. The van der Waals surface area contributed by atoms with Crippen LogP contribution in [0, 0.1) is 0 Å². The first-order valence-corrected chi connectivity index (χ1v) is 23.5. The Bertz CT molecular complexity index is 4430. The van der Waals surface area contributed by atoms with Gasteiger partial charge in [-0.2, -0.15) is 0 Å². The lowest BCUT2D eigenvalue weighted by atomic mass is 9.91. The van der Waals surface area contributed by atoms with Crippen molar-refractivity contribution in [2.24, 2.45) is 0 Å². The monoisotopic (exact) mass is 896 g/mol. The van der Waals surface area contributed by atoms with Crippen LogP contribution in [0.4, 0.5) is 0 Å². The van der Waals surface area contributed by atoms with Crippen molar-refractivity contribution in [1.29, 1.82) is 0 Å². The van der Waals surface area contributed by atoms with Crippen LogP contribution in [-0.2, 0) is 0 Å². The first kappa shape index (κ1) is 39.8. The third-order valence-electron chi connectivity index (χ3n) is 14.0. The standard InChI is InChI=1S/C65H40N2O3/c1-68-63-38-66-64-53-26-22-47(43-14-6-10-39(30-43)41-12-8-16-45(32-41)49-24-28-61-57(36-49)51-18-2-4-20-59(51)69-61)34-55(53)56-35-48(23-27-54(56)65(64)67-63)44-15-7-11-40(31-44)42-13-9-17-46(33-42)50-25-29-62-58(37-50)52-19-3-5-21-60(52)70-62/h2-38H,1H3. The smallest absolute Gasteiger partial charge is 0.232 e. The predicted molar refractivity (Wildman–Crippen MR) is 288 cm³/mol. The third-order valence-corrected chi connectivity index (χ3v) is 14.0. The van der Waals surface area contributed by atoms with Crippen molar-refractivity contribution in [3.8, 4) is 72.6 Å². The highest BCUT2D eigenvalue weighted by atomic mass is 16.5. The van der Waals surface area contributed by atoms with E-state index in [0.717, 1.165) is 143 Å². The third kappa shape index (κ3) is 6.62. The van der Waals surface area contributed by atoms with Gasteiger partial charge in [0, 0.05) is 32.3 Å². The van der Waals surface area contributed by atoms with Crippen LogP contribution in [-0.4, -0.2) is 17.1 Å². The Morgan fingerprint density at radius 2 is 0.629 bits per heavy atom. The van der Waals surface area contributed by atoms with Crippen LogP contribution in [0.15, 0.2) is 233 Å². The highest BCUT2D eigenvalue weighted by Crippen LogP contribution is 2.41. The maximum absolute atomic E-state index is 6.13. The summed E-state index contributed by atoms with van der Waals surface area (Å²) in [4.78, 5) is 9.91. The Morgan fingerprint density at radius 3 is 1.04 bits per heavy atom. The lowest BCUT2D eigenvalue weighted by Gasteiger charge is -2.14. The van der Waals surface area contributed by atoms with Crippen LogP contribution in [0.1, 0.15) is 0 Å². The molecule has 3 aromatic heterocycles. The van der Waals surface area contributed by atoms with Gasteiger partial charge in [0.25, 0.3) is 0 Å². The summed E-state index contributed by atoms with van der Waals surface area (Å²) in [5.74, 6) is 0.484. The van der Waals surface area contributed by atoms with E-state index in [4.69, 9.17) is 23.5 Å².